The zero-order valence-electron chi connectivity index (χ0n) is 11.2. The van der Waals surface area contributed by atoms with E-state index in [0.29, 0.717) is 17.9 Å². The monoisotopic (exact) mass is 268 g/mol. The van der Waals surface area contributed by atoms with Crippen LogP contribution in [0, 0.1) is 0 Å². The Labute approximate surface area is 112 Å². The predicted molar refractivity (Wildman–Crippen MR) is 71.4 cm³/mol. The van der Waals surface area contributed by atoms with Crippen molar-refractivity contribution in [3.05, 3.63) is 23.4 Å². The van der Waals surface area contributed by atoms with Crippen LogP contribution < -0.4 is 5.32 Å². The smallest absolute Gasteiger partial charge is 0.335 e. The third kappa shape index (κ3) is 4.84. The van der Waals surface area contributed by atoms with Crippen LogP contribution in [0.4, 0.5) is 5.82 Å². The minimum absolute atomic E-state index is 0.0884. The summed E-state index contributed by atoms with van der Waals surface area (Å²) in [5.74, 6) is -0.631. The lowest BCUT2D eigenvalue weighted by molar-refractivity contribution is 0.0131. The molecule has 6 nitrogen and oxygen atoms in total. The van der Waals surface area contributed by atoms with Crippen molar-refractivity contribution in [1.29, 1.82) is 0 Å². The number of hydrogen-bond donors (Lipinski definition) is 4. The van der Waals surface area contributed by atoms with Gasteiger partial charge in [-0.1, -0.05) is 13.3 Å². The lowest BCUT2D eigenvalue weighted by atomic mass is 10.1. The SMILES string of the molecule is CCCc1cc(C(=O)O)cc(NCC(C)(O)CO)n1. The van der Waals surface area contributed by atoms with Gasteiger partial charge in [-0.25, -0.2) is 9.78 Å². The van der Waals surface area contributed by atoms with Gasteiger partial charge in [0.15, 0.2) is 0 Å². The van der Waals surface area contributed by atoms with E-state index >= 15 is 0 Å². The molecule has 1 atom stereocenters. The molecule has 0 saturated carbocycles. The number of aliphatic hydroxyl groups is 2. The van der Waals surface area contributed by atoms with Gasteiger partial charge in [-0.2, -0.15) is 0 Å². The summed E-state index contributed by atoms with van der Waals surface area (Å²) < 4.78 is 0. The number of hydrogen-bond acceptors (Lipinski definition) is 5. The van der Waals surface area contributed by atoms with E-state index in [0.717, 1.165) is 6.42 Å². The molecule has 4 N–H and O–H groups in total. The zero-order chi connectivity index (χ0) is 14.5. The van der Waals surface area contributed by atoms with Crippen LogP contribution in [0.3, 0.4) is 0 Å². The summed E-state index contributed by atoms with van der Waals surface area (Å²) >= 11 is 0. The molecule has 0 aliphatic rings. The van der Waals surface area contributed by atoms with Gasteiger partial charge in [-0.15, -0.1) is 0 Å². The van der Waals surface area contributed by atoms with E-state index < -0.39 is 11.6 Å². The maximum Gasteiger partial charge on any atom is 0.335 e. The van der Waals surface area contributed by atoms with E-state index in [4.69, 9.17) is 10.2 Å². The van der Waals surface area contributed by atoms with Crippen LogP contribution in [0.25, 0.3) is 0 Å². The second kappa shape index (κ2) is 6.49. The molecule has 106 valence electrons. The fraction of sp³-hybridized carbons (Fsp3) is 0.538. The van der Waals surface area contributed by atoms with Crippen LogP contribution in [-0.4, -0.2) is 45.0 Å². The number of aryl methyl sites for hydroxylation is 1. The normalized spacial score (nSPS) is 13.9. The molecule has 0 bridgehead atoms. The van der Waals surface area contributed by atoms with E-state index in [1.165, 1.54) is 13.0 Å². The number of nitrogens with zero attached hydrogens (tertiary/aromatic N) is 1. The molecule has 0 aromatic carbocycles. The van der Waals surface area contributed by atoms with E-state index in [1.54, 1.807) is 6.07 Å². The van der Waals surface area contributed by atoms with Crippen molar-refractivity contribution in [1.82, 2.24) is 4.98 Å². The summed E-state index contributed by atoms with van der Waals surface area (Å²) in [6.45, 7) is 3.17. The van der Waals surface area contributed by atoms with Gasteiger partial charge in [0.1, 0.15) is 11.4 Å². The molecule has 1 heterocycles. The number of carbonyl (C=O) groups is 1. The van der Waals surface area contributed by atoms with Gasteiger partial charge in [0.2, 0.25) is 0 Å². The lowest BCUT2D eigenvalue weighted by Crippen LogP contribution is -2.37. The van der Waals surface area contributed by atoms with Gasteiger partial charge < -0.3 is 20.6 Å². The molecule has 1 aromatic rings. The molecular weight excluding hydrogens is 248 g/mol. The number of carboxylic acids is 1. The Balaban J connectivity index is 2.90. The Morgan fingerprint density at radius 1 is 1.47 bits per heavy atom. The molecule has 0 aliphatic carbocycles. The summed E-state index contributed by atoms with van der Waals surface area (Å²) in [7, 11) is 0. The van der Waals surface area contributed by atoms with Crippen molar-refractivity contribution in [2.75, 3.05) is 18.5 Å². The maximum atomic E-state index is 11.0. The molecule has 0 aliphatic heterocycles. The van der Waals surface area contributed by atoms with Crippen molar-refractivity contribution in [3.8, 4) is 0 Å². The highest BCUT2D eigenvalue weighted by molar-refractivity contribution is 5.88. The summed E-state index contributed by atoms with van der Waals surface area (Å²) in [6.07, 6.45) is 1.55. The Morgan fingerprint density at radius 3 is 2.68 bits per heavy atom. The highest BCUT2D eigenvalue weighted by atomic mass is 16.4. The first-order valence-corrected chi connectivity index (χ1v) is 6.19. The van der Waals surface area contributed by atoms with E-state index in [2.05, 4.69) is 10.3 Å². The minimum atomic E-state index is -1.27. The van der Waals surface area contributed by atoms with Crippen LogP contribution in [0.1, 0.15) is 36.3 Å². The molecular formula is C13H20N2O4. The largest absolute Gasteiger partial charge is 0.478 e. The number of aromatic carboxylic acids is 1. The number of rotatable bonds is 7. The quantitative estimate of drug-likeness (QED) is 0.585. The van der Waals surface area contributed by atoms with Crippen LogP contribution in [0.5, 0.6) is 0 Å². The topological polar surface area (TPSA) is 103 Å². The minimum Gasteiger partial charge on any atom is -0.478 e. The summed E-state index contributed by atoms with van der Waals surface area (Å²) in [5, 5.41) is 30.5. The average molecular weight is 268 g/mol. The van der Waals surface area contributed by atoms with Crippen LogP contribution in [0.15, 0.2) is 12.1 Å². The summed E-state index contributed by atoms with van der Waals surface area (Å²) in [5.41, 5.74) is -0.427. The molecule has 0 spiro atoms. The zero-order valence-corrected chi connectivity index (χ0v) is 11.2. The van der Waals surface area contributed by atoms with Crippen molar-refractivity contribution in [2.24, 2.45) is 0 Å². The number of nitrogens with one attached hydrogen (secondary N) is 1. The van der Waals surface area contributed by atoms with E-state index in [-0.39, 0.29) is 18.7 Å². The van der Waals surface area contributed by atoms with Crippen LogP contribution in [0.2, 0.25) is 0 Å². The number of carboxylic acid groups (broad SMARTS) is 1. The van der Waals surface area contributed by atoms with Gasteiger partial charge in [0.05, 0.1) is 12.2 Å². The lowest BCUT2D eigenvalue weighted by Gasteiger charge is -2.21. The second-order valence-electron chi connectivity index (χ2n) is 4.80. The predicted octanol–water partition coefficient (Wildman–Crippen LogP) is 0.887. The number of aromatic nitrogens is 1. The summed E-state index contributed by atoms with van der Waals surface area (Å²) in [6, 6.07) is 2.95. The molecule has 0 amide bonds. The summed E-state index contributed by atoms with van der Waals surface area (Å²) in [4.78, 5) is 15.3. The average Bonchev–Trinajstić information content (AvgIpc) is 2.37. The molecule has 1 unspecified atom stereocenters. The second-order valence-corrected chi connectivity index (χ2v) is 4.80. The van der Waals surface area contributed by atoms with Gasteiger partial charge in [-0.05, 0) is 25.5 Å². The Kier molecular flexibility index (Phi) is 5.26. The molecule has 0 saturated heterocycles. The van der Waals surface area contributed by atoms with Crippen molar-refractivity contribution in [2.45, 2.75) is 32.3 Å². The van der Waals surface area contributed by atoms with E-state index in [1.807, 2.05) is 6.92 Å². The number of pyridine rings is 1. The maximum absolute atomic E-state index is 11.0. The van der Waals surface area contributed by atoms with Crippen LogP contribution >= 0.6 is 0 Å². The van der Waals surface area contributed by atoms with Gasteiger partial charge in [0, 0.05) is 12.2 Å². The van der Waals surface area contributed by atoms with E-state index in [9.17, 15) is 9.90 Å². The van der Waals surface area contributed by atoms with Gasteiger partial charge in [0.25, 0.3) is 0 Å². The Morgan fingerprint density at radius 2 is 2.16 bits per heavy atom. The molecule has 1 rings (SSSR count). The molecule has 0 radical (unpaired) electrons. The van der Waals surface area contributed by atoms with Crippen LogP contribution in [-0.2, 0) is 6.42 Å². The highest BCUT2D eigenvalue weighted by Crippen LogP contribution is 2.13. The molecule has 6 heteroatoms. The first-order valence-electron chi connectivity index (χ1n) is 6.19. The Hall–Kier alpha value is -1.66. The van der Waals surface area contributed by atoms with Gasteiger partial charge in [-0.3, -0.25) is 0 Å². The first kappa shape index (κ1) is 15.4. The third-order valence-electron chi connectivity index (χ3n) is 2.62. The number of anilines is 1. The fourth-order valence-electron chi connectivity index (χ4n) is 1.52. The number of aliphatic hydroxyl groups excluding tert-OH is 1. The first-order chi connectivity index (χ1) is 8.88. The van der Waals surface area contributed by atoms with Crippen molar-refractivity contribution in [3.63, 3.8) is 0 Å². The highest BCUT2D eigenvalue weighted by Gasteiger charge is 2.19. The standard InChI is InChI=1S/C13H20N2O4/c1-3-4-10-5-9(12(17)18)6-11(15-10)14-7-13(2,19)8-16/h5-6,16,19H,3-4,7-8H2,1-2H3,(H,14,15)(H,17,18). The molecule has 19 heavy (non-hydrogen) atoms. The van der Waals surface area contributed by atoms with Gasteiger partial charge >= 0.3 is 5.97 Å². The van der Waals surface area contributed by atoms with Crippen molar-refractivity contribution < 1.29 is 20.1 Å². The molecule has 1 aromatic heterocycles. The third-order valence-corrected chi connectivity index (χ3v) is 2.62. The fourth-order valence-corrected chi connectivity index (χ4v) is 1.52. The molecule has 0 fully saturated rings. The van der Waals surface area contributed by atoms with Crippen molar-refractivity contribution >= 4 is 11.8 Å². The Bertz CT molecular complexity index is 446.